The molecule has 1 heterocycles. The van der Waals surface area contributed by atoms with Crippen LogP contribution in [0.3, 0.4) is 0 Å². The average molecular weight is 318 g/mol. The molecular formula is C11H16BrN3OS. The first-order valence-electron chi connectivity index (χ1n) is 5.29. The Kier molecular flexibility index (Phi) is 6.39. The molecule has 0 bridgehead atoms. The normalized spacial score (nSPS) is 10.1. The summed E-state index contributed by atoms with van der Waals surface area (Å²) in [6.45, 7) is 3.49. The molecule has 0 amide bonds. The van der Waals surface area contributed by atoms with Gasteiger partial charge in [-0.15, -0.1) is 0 Å². The molecule has 4 nitrogen and oxygen atoms in total. The van der Waals surface area contributed by atoms with E-state index in [1.165, 1.54) is 0 Å². The number of aryl methyl sites for hydroxylation is 1. The molecule has 0 aliphatic rings. The van der Waals surface area contributed by atoms with E-state index in [1.807, 2.05) is 13.0 Å². The standard InChI is InChI=1S/C11H16BrN3OS/c1-8-6-9(12)10(14-7-8)15-11(17)13-4-3-5-16-2/h6-7H,3-5H2,1-2H3,(H2,13,14,15,17). The number of halogens is 1. The lowest BCUT2D eigenvalue weighted by molar-refractivity contribution is 0.196. The second-order valence-electron chi connectivity index (χ2n) is 3.57. The van der Waals surface area contributed by atoms with Gasteiger partial charge in [-0.2, -0.15) is 0 Å². The molecule has 0 atom stereocenters. The average Bonchev–Trinajstić information content (AvgIpc) is 2.28. The summed E-state index contributed by atoms with van der Waals surface area (Å²) < 4.78 is 5.85. The van der Waals surface area contributed by atoms with E-state index in [-0.39, 0.29) is 0 Å². The van der Waals surface area contributed by atoms with Crippen LogP contribution in [-0.2, 0) is 4.74 Å². The van der Waals surface area contributed by atoms with E-state index in [0.717, 1.165) is 35.4 Å². The number of hydrogen-bond acceptors (Lipinski definition) is 3. The van der Waals surface area contributed by atoms with Crippen LogP contribution in [0.1, 0.15) is 12.0 Å². The smallest absolute Gasteiger partial charge is 0.171 e. The summed E-state index contributed by atoms with van der Waals surface area (Å²) in [6.07, 6.45) is 2.71. The maximum atomic E-state index is 5.15. The maximum Gasteiger partial charge on any atom is 0.171 e. The lowest BCUT2D eigenvalue weighted by Crippen LogP contribution is -2.30. The molecule has 0 unspecified atom stereocenters. The highest BCUT2D eigenvalue weighted by atomic mass is 79.9. The van der Waals surface area contributed by atoms with Crippen molar-refractivity contribution in [2.24, 2.45) is 0 Å². The van der Waals surface area contributed by atoms with Crippen LogP contribution in [0.25, 0.3) is 0 Å². The number of nitrogens with zero attached hydrogens (tertiary/aromatic N) is 1. The van der Waals surface area contributed by atoms with Crippen LogP contribution in [-0.4, -0.2) is 30.4 Å². The molecule has 0 fully saturated rings. The Bertz CT molecular complexity index is 387. The van der Waals surface area contributed by atoms with Crippen LogP contribution in [0.4, 0.5) is 5.82 Å². The number of anilines is 1. The van der Waals surface area contributed by atoms with Crippen LogP contribution in [0.15, 0.2) is 16.7 Å². The van der Waals surface area contributed by atoms with Crippen molar-refractivity contribution in [2.45, 2.75) is 13.3 Å². The van der Waals surface area contributed by atoms with Gasteiger partial charge in [0.1, 0.15) is 5.82 Å². The summed E-state index contributed by atoms with van der Waals surface area (Å²) >= 11 is 8.59. The zero-order valence-electron chi connectivity index (χ0n) is 9.92. The molecule has 0 saturated carbocycles. The second-order valence-corrected chi connectivity index (χ2v) is 4.83. The maximum absolute atomic E-state index is 5.15. The summed E-state index contributed by atoms with van der Waals surface area (Å²) in [4.78, 5) is 4.25. The molecule has 0 spiro atoms. The number of pyridine rings is 1. The van der Waals surface area contributed by atoms with E-state index in [4.69, 9.17) is 17.0 Å². The van der Waals surface area contributed by atoms with Gasteiger partial charge in [0.15, 0.2) is 5.11 Å². The van der Waals surface area contributed by atoms with Gasteiger partial charge in [0.05, 0.1) is 4.47 Å². The zero-order chi connectivity index (χ0) is 12.7. The predicted molar refractivity (Wildman–Crippen MR) is 77.4 cm³/mol. The Morgan fingerprint density at radius 3 is 3.00 bits per heavy atom. The zero-order valence-corrected chi connectivity index (χ0v) is 12.3. The van der Waals surface area contributed by atoms with Crippen LogP contribution in [0.2, 0.25) is 0 Å². The fourth-order valence-corrected chi connectivity index (χ4v) is 1.96. The summed E-state index contributed by atoms with van der Waals surface area (Å²) in [7, 11) is 1.68. The number of hydrogen-bond donors (Lipinski definition) is 2. The molecule has 6 heteroatoms. The molecule has 0 saturated heterocycles. The third kappa shape index (κ3) is 5.43. The Labute approximate surface area is 115 Å². The highest BCUT2D eigenvalue weighted by Gasteiger charge is 2.03. The number of thiocarbonyl (C=S) groups is 1. The molecule has 0 radical (unpaired) electrons. The van der Waals surface area contributed by atoms with Gasteiger partial charge in [0.2, 0.25) is 0 Å². The number of ether oxygens (including phenoxy) is 1. The molecule has 1 rings (SSSR count). The van der Waals surface area contributed by atoms with Crippen molar-refractivity contribution < 1.29 is 4.74 Å². The van der Waals surface area contributed by atoms with Crippen LogP contribution in [0, 0.1) is 6.92 Å². The van der Waals surface area contributed by atoms with Gasteiger partial charge in [0, 0.05) is 26.5 Å². The second kappa shape index (κ2) is 7.58. The van der Waals surface area contributed by atoms with E-state index in [2.05, 4.69) is 31.5 Å². The number of rotatable bonds is 5. The van der Waals surface area contributed by atoms with Crippen molar-refractivity contribution in [1.29, 1.82) is 0 Å². The summed E-state index contributed by atoms with van der Waals surface area (Å²) in [5.74, 6) is 0.722. The van der Waals surface area contributed by atoms with Crippen molar-refractivity contribution in [3.63, 3.8) is 0 Å². The van der Waals surface area contributed by atoms with Crippen LogP contribution < -0.4 is 10.6 Å². The topological polar surface area (TPSA) is 46.2 Å². The van der Waals surface area contributed by atoms with Gasteiger partial charge in [-0.05, 0) is 53.1 Å². The highest BCUT2D eigenvalue weighted by Crippen LogP contribution is 2.20. The van der Waals surface area contributed by atoms with Crippen molar-refractivity contribution in [1.82, 2.24) is 10.3 Å². The van der Waals surface area contributed by atoms with Crippen molar-refractivity contribution in [3.8, 4) is 0 Å². The van der Waals surface area contributed by atoms with Gasteiger partial charge in [0.25, 0.3) is 0 Å². The molecule has 94 valence electrons. The van der Waals surface area contributed by atoms with Gasteiger partial charge in [-0.3, -0.25) is 0 Å². The van der Waals surface area contributed by atoms with Crippen molar-refractivity contribution in [2.75, 3.05) is 25.6 Å². The van der Waals surface area contributed by atoms with Crippen LogP contribution in [0.5, 0.6) is 0 Å². The fourth-order valence-electron chi connectivity index (χ4n) is 1.20. The number of methoxy groups -OCH3 is 1. The van der Waals surface area contributed by atoms with Gasteiger partial charge in [-0.25, -0.2) is 4.98 Å². The fraction of sp³-hybridized carbons (Fsp3) is 0.455. The summed E-state index contributed by atoms with van der Waals surface area (Å²) in [5, 5.41) is 6.69. The number of aromatic nitrogens is 1. The quantitative estimate of drug-likeness (QED) is 0.645. The predicted octanol–water partition coefficient (Wildman–Crippen LogP) is 2.48. The molecule has 1 aromatic heterocycles. The Morgan fingerprint density at radius 2 is 2.35 bits per heavy atom. The minimum absolute atomic E-state index is 0.568. The van der Waals surface area contributed by atoms with Gasteiger partial charge >= 0.3 is 0 Å². The van der Waals surface area contributed by atoms with E-state index >= 15 is 0 Å². The van der Waals surface area contributed by atoms with Crippen LogP contribution >= 0.6 is 28.1 Å². The Balaban J connectivity index is 2.40. The lowest BCUT2D eigenvalue weighted by Gasteiger charge is -2.11. The molecule has 0 aromatic carbocycles. The summed E-state index contributed by atoms with van der Waals surface area (Å²) in [5.41, 5.74) is 1.10. The molecular weight excluding hydrogens is 302 g/mol. The Morgan fingerprint density at radius 1 is 1.59 bits per heavy atom. The largest absolute Gasteiger partial charge is 0.385 e. The SMILES string of the molecule is COCCCNC(=S)Nc1ncc(C)cc1Br. The van der Waals surface area contributed by atoms with E-state index in [0.29, 0.717) is 5.11 Å². The molecule has 0 aliphatic carbocycles. The minimum atomic E-state index is 0.568. The lowest BCUT2D eigenvalue weighted by atomic mass is 10.3. The number of nitrogens with one attached hydrogen (secondary N) is 2. The molecule has 2 N–H and O–H groups in total. The minimum Gasteiger partial charge on any atom is -0.385 e. The van der Waals surface area contributed by atoms with E-state index in [9.17, 15) is 0 Å². The van der Waals surface area contributed by atoms with E-state index < -0.39 is 0 Å². The molecule has 1 aromatic rings. The first-order chi connectivity index (χ1) is 8.13. The highest BCUT2D eigenvalue weighted by molar-refractivity contribution is 9.10. The van der Waals surface area contributed by atoms with Gasteiger partial charge in [-0.1, -0.05) is 0 Å². The van der Waals surface area contributed by atoms with Crippen molar-refractivity contribution in [3.05, 3.63) is 22.3 Å². The molecule has 0 aliphatic heterocycles. The monoisotopic (exact) mass is 317 g/mol. The van der Waals surface area contributed by atoms with Gasteiger partial charge < -0.3 is 15.4 Å². The first-order valence-corrected chi connectivity index (χ1v) is 6.49. The van der Waals surface area contributed by atoms with Crippen molar-refractivity contribution >= 4 is 39.1 Å². The molecule has 17 heavy (non-hydrogen) atoms. The summed E-state index contributed by atoms with van der Waals surface area (Å²) in [6, 6.07) is 1.99. The Hall–Kier alpha value is -0.720. The third-order valence-electron chi connectivity index (χ3n) is 2.02. The van der Waals surface area contributed by atoms with E-state index in [1.54, 1.807) is 13.3 Å². The third-order valence-corrected chi connectivity index (χ3v) is 2.87. The first kappa shape index (κ1) is 14.3.